The van der Waals surface area contributed by atoms with E-state index in [0.717, 1.165) is 13.2 Å². The molecular formula is C13H23NOS. The SMILES string of the molecule is CCCCCCOCc1cc(CN)sc1C. The Morgan fingerprint density at radius 1 is 1.31 bits per heavy atom. The molecule has 0 atom stereocenters. The molecule has 16 heavy (non-hydrogen) atoms. The molecule has 0 radical (unpaired) electrons. The maximum Gasteiger partial charge on any atom is 0.0727 e. The van der Waals surface area contributed by atoms with Gasteiger partial charge in [-0.2, -0.15) is 0 Å². The van der Waals surface area contributed by atoms with Gasteiger partial charge in [-0.25, -0.2) is 0 Å². The van der Waals surface area contributed by atoms with Crippen LogP contribution in [-0.2, 0) is 17.9 Å². The zero-order chi connectivity index (χ0) is 11.8. The Hall–Kier alpha value is -0.380. The molecule has 0 amide bonds. The van der Waals surface area contributed by atoms with Crippen LogP contribution in [0.3, 0.4) is 0 Å². The molecule has 0 saturated heterocycles. The average molecular weight is 241 g/mol. The molecule has 0 unspecified atom stereocenters. The average Bonchev–Trinajstić information content (AvgIpc) is 2.65. The monoisotopic (exact) mass is 241 g/mol. The summed E-state index contributed by atoms with van der Waals surface area (Å²) < 4.78 is 5.67. The van der Waals surface area contributed by atoms with E-state index >= 15 is 0 Å². The lowest BCUT2D eigenvalue weighted by Gasteiger charge is -2.03. The van der Waals surface area contributed by atoms with Crippen molar-refractivity contribution in [2.75, 3.05) is 6.61 Å². The predicted molar refractivity (Wildman–Crippen MR) is 70.7 cm³/mol. The van der Waals surface area contributed by atoms with Crippen LogP contribution in [0.2, 0.25) is 0 Å². The number of thiophene rings is 1. The van der Waals surface area contributed by atoms with Crippen molar-refractivity contribution in [3.05, 3.63) is 21.4 Å². The Bertz CT molecular complexity index is 296. The van der Waals surface area contributed by atoms with E-state index in [1.165, 1.54) is 41.0 Å². The summed E-state index contributed by atoms with van der Waals surface area (Å²) in [5.74, 6) is 0. The van der Waals surface area contributed by atoms with Crippen LogP contribution in [-0.4, -0.2) is 6.61 Å². The summed E-state index contributed by atoms with van der Waals surface area (Å²) in [6.07, 6.45) is 5.07. The van der Waals surface area contributed by atoms with Crippen LogP contribution >= 0.6 is 11.3 Å². The molecule has 0 aliphatic rings. The van der Waals surface area contributed by atoms with Crippen LogP contribution in [0.4, 0.5) is 0 Å². The maximum atomic E-state index is 5.67. The Labute approximate surface area is 103 Å². The lowest BCUT2D eigenvalue weighted by molar-refractivity contribution is 0.116. The number of unbranched alkanes of at least 4 members (excludes halogenated alkanes) is 3. The third-order valence-electron chi connectivity index (χ3n) is 2.67. The third kappa shape index (κ3) is 4.64. The molecule has 2 N–H and O–H groups in total. The van der Waals surface area contributed by atoms with Crippen molar-refractivity contribution >= 4 is 11.3 Å². The normalized spacial score (nSPS) is 10.9. The highest BCUT2D eigenvalue weighted by Crippen LogP contribution is 2.21. The van der Waals surface area contributed by atoms with Gasteiger partial charge in [0.2, 0.25) is 0 Å². The van der Waals surface area contributed by atoms with E-state index in [-0.39, 0.29) is 0 Å². The van der Waals surface area contributed by atoms with E-state index < -0.39 is 0 Å². The molecule has 1 aromatic heterocycles. The van der Waals surface area contributed by atoms with Crippen molar-refractivity contribution in [1.82, 2.24) is 0 Å². The highest BCUT2D eigenvalue weighted by atomic mass is 32.1. The molecule has 0 saturated carbocycles. The molecule has 2 nitrogen and oxygen atoms in total. The molecular weight excluding hydrogens is 218 g/mol. The van der Waals surface area contributed by atoms with Gasteiger partial charge in [-0.15, -0.1) is 11.3 Å². The highest BCUT2D eigenvalue weighted by Gasteiger charge is 2.04. The first-order valence-electron chi connectivity index (χ1n) is 6.14. The second-order valence-electron chi connectivity index (χ2n) is 4.11. The smallest absolute Gasteiger partial charge is 0.0727 e. The van der Waals surface area contributed by atoms with Crippen molar-refractivity contribution in [3.8, 4) is 0 Å². The van der Waals surface area contributed by atoms with Crippen molar-refractivity contribution in [3.63, 3.8) is 0 Å². The summed E-state index contributed by atoms with van der Waals surface area (Å²) in [6, 6.07) is 2.17. The van der Waals surface area contributed by atoms with Gasteiger partial charge in [0.15, 0.2) is 0 Å². The largest absolute Gasteiger partial charge is 0.377 e. The van der Waals surface area contributed by atoms with Crippen LogP contribution in [0, 0.1) is 6.92 Å². The first-order valence-corrected chi connectivity index (χ1v) is 6.95. The van der Waals surface area contributed by atoms with Crippen molar-refractivity contribution in [2.45, 2.75) is 52.7 Å². The zero-order valence-electron chi connectivity index (χ0n) is 10.4. The van der Waals surface area contributed by atoms with Gasteiger partial charge < -0.3 is 10.5 Å². The van der Waals surface area contributed by atoms with E-state index in [4.69, 9.17) is 10.5 Å². The summed E-state index contributed by atoms with van der Waals surface area (Å²) in [4.78, 5) is 2.59. The van der Waals surface area contributed by atoms with E-state index in [9.17, 15) is 0 Å². The van der Waals surface area contributed by atoms with Crippen molar-refractivity contribution in [1.29, 1.82) is 0 Å². The van der Waals surface area contributed by atoms with E-state index in [1.54, 1.807) is 11.3 Å². The standard InChI is InChI=1S/C13H23NOS/c1-3-4-5-6-7-15-10-12-8-13(9-14)16-11(12)2/h8H,3-7,9-10,14H2,1-2H3. The Morgan fingerprint density at radius 2 is 2.12 bits per heavy atom. The molecule has 0 aromatic carbocycles. The minimum atomic E-state index is 0.641. The van der Waals surface area contributed by atoms with Gasteiger partial charge in [-0.1, -0.05) is 26.2 Å². The number of rotatable bonds is 8. The topological polar surface area (TPSA) is 35.2 Å². The van der Waals surface area contributed by atoms with Crippen LogP contribution < -0.4 is 5.73 Å². The quantitative estimate of drug-likeness (QED) is 0.706. The Balaban J connectivity index is 2.18. The van der Waals surface area contributed by atoms with Gasteiger partial charge >= 0.3 is 0 Å². The van der Waals surface area contributed by atoms with Crippen LogP contribution in [0.5, 0.6) is 0 Å². The molecule has 1 aromatic rings. The fourth-order valence-electron chi connectivity index (χ4n) is 1.64. The van der Waals surface area contributed by atoms with Gasteiger partial charge in [0.05, 0.1) is 6.61 Å². The van der Waals surface area contributed by atoms with Gasteiger partial charge in [0.25, 0.3) is 0 Å². The number of hydrogen-bond acceptors (Lipinski definition) is 3. The Morgan fingerprint density at radius 3 is 2.75 bits per heavy atom. The zero-order valence-corrected chi connectivity index (χ0v) is 11.2. The lowest BCUT2D eigenvalue weighted by atomic mass is 10.2. The van der Waals surface area contributed by atoms with E-state index in [1.807, 2.05) is 0 Å². The molecule has 0 aliphatic heterocycles. The van der Waals surface area contributed by atoms with Gasteiger partial charge in [-0.3, -0.25) is 0 Å². The minimum Gasteiger partial charge on any atom is -0.377 e. The molecule has 0 aliphatic carbocycles. The fraction of sp³-hybridized carbons (Fsp3) is 0.692. The number of aryl methyl sites for hydroxylation is 1. The first-order chi connectivity index (χ1) is 7.77. The maximum absolute atomic E-state index is 5.67. The second kappa shape index (κ2) is 7.82. The van der Waals surface area contributed by atoms with Crippen LogP contribution in [0.15, 0.2) is 6.07 Å². The van der Waals surface area contributed by atoms with Crippen LogP contribution in [0.25, 0.3) is 0 Å². The van der Waals surface area contributed by atoms with Crippen molar-refractivity contribution < 1.29 is 4.74 Å². The fourth-order valence-corrected chi connectivity index (χ4v) is 2.57. The molecule has 0 fully saturated rings. The number of ether oxygens (including phenoxy) is 1. The van der Waals surface area contributed by atoms with Crippen LogP contribution in [0.1, 0.15) is 47.9 Å². The number of nitrogens with two attached hydrogens (primary N) is 1. The summed E-state index contributed by atoms with van der Waals surface area (Å²) in [6.45, 7) is 6.63. The summed E-state index contributed by atoms with van der Waals surface area (Å²) in [7, 11) is 0. The summed E-state index contributed by atoms with van der Waals surface area (Å²) in [5, 5.41) is 0. The molecule has 1 rings (SSSR count). The molecule has 0 bridgehead atoms. The van der Waals surface area contributed by atoms with Gasteiger partial charge in [0.1, 0.15) is 0 Å². The lowest BCUT2D eigenvalue weighted by Crippen LogP contribution is -1.96. The third-order valence-corrected chi connectivity index (χ3v) is 3.79. The Kier molecular flexibility index (Phi) is 6.69. The minimum absolute atomic E-state index is 0.641. The van der Waals surface area contributed by atoms with Crippen molar-refractivity contribution in [2.24, 2.45) is 5.73 Å². The van der Waals surface area contributed by atoms with Gasteiger partial charge in [-0.05, 0) is 25.0 Å². The second-order valence-corrected chi connectivity index (χ2v) is 5.45. The molecule has 0 spiro atoms. The molecule has 3 heteroatoms. The summed E-state index contributed by atoms with van der Waals surface area (Å²) in [5.41, 5.74) is 6.92. The summed E-state index contributed by atoms with van der Waals surface area (Å²) >= 11 is 1.78. The van der Waals surface area contributed by atoms with E-state index in [2.05, 4.69) is 19.9 Å². The number of hydrogen-bond donors (Lipinski definition) is 1. The predicted octanol–water partition coefficient (Wildman–Crippen LogP) is 3.61. The molecule has 1 heterocycles. The highest BCUT2D eigenvalue weighted by molar-refractivity contribution is 7.12. The molecule has 92 valence electrons. The van der Waals surface area contributed by atoms with E-state index in [0.29, 0.717) is 6.54 Å². The van der Waals surface area contributed by atoms with Gasteiger partial charge in [0, 0.05) is 22.9 Å². The first kappa shape index (κ1) is 13.7.